The van der Waals surface area contributed by atoms with Crippen molar-refractivity contribution in [1.29, 1.82) is 0 Å². The van der Waals surface area contributed by atoms with E-state index in [1.807, 2.05) is 6.07 Å². The standard InChI is InChI=1S/C11H16BrNO/c1-7(9-3-4-9)13-8(2)11-10(12)5-6-14-11/h5-9,13H,3-4H2,1-2H3. The highest BCUT2D eigenvalue weighted by Crippen LogP contribution is 2.34. The van der Waals surface area contributed by atoms with Crippen molar-refractivity contribution in [3.63, 3.8) is 0 Å². The summed E-state index contributed by atoms with van der Waals surface area (Å²) in [6.45, 7) is 4.40. The third-order valence-corrected chi connectivity index (χ3v) is 3.54. The molecule has 0 bridgehead atoms. The van der Waals surface area contributed by atoms with Crippen LogP contribution in [-0.2, 0) is 0 Å². The topological polar surface area (TPSA) is 25.2 Å². The van der Waals surface area contributed by atoms with E-state index in [0.29, 0.717) is 6.04 Å². The van der Waals surface area contributed by atoms with Gasteiger partial charge in [-0.25, -0.2) is 0 Å². The highest BCUT2D eigenvalue weighted by Gasteiger charge is 2.29. The van der Waals surface area contributed by atoms with Gasteiger partial charge in [-0.15, -0.1) is 0 Å². The molecule has 1 aromatic rings. The molecule has 0 spiro atoms. The summed E-state index contributed by atoms with van der Waals surface area (Å²) in [6.07, 6.45) is 4.47. The first-order chi connectivity index (χ1) is 6.68. The van der Waals surface area contributed by atoms with E-state index < -0.39 is 0 Å². The average Bonchev–Trinajstić information content (AvgIpc) is 2.89. The SMILES string of the molecule is CC(NC(C)C1CC1)c1occc1Br. The van der Waals surface area contributed by atoms with Crippen LogP contribution < -0.4 is 5.32 Å². The number of hydrogen-bond donors (Lipinski definition) is 1. The molecule has 1 N–H and O–H groups in total. The normalized spacial score (nSPS) is 20.8. The molecule has 2 atom stereocenters. The number of halogens is 1. The minimum Gasteiger partial charge on any atom is -0.466 e. The third-order valence-electron chi connectivity index (χ3n) is 2.88. The fourth-order valence-corrected chi connectivity index (χ4v) is 2.36. The van der Waals surface area contributed by atoms with Crippen LogP contribution in [0, 0.1) is 5.92 Å². The van der Waals surface area contributed by atoms with Gasteiger partial charge in [-0.1, -0.05) is 0 Å². The van der Waals surface area contributed by atoms with E-state index >= 15 is 0 Å². The molecule has 0 aliphatic heterocycles. The van der Waals surface area contributed by atoms with Gasteiger partial charge in [0.2, 0.25) is 0 Å². The Labute approximate surface area is 93.2 Å². The Morgan fingerprint density at radius 3 is 2.71 bits per heavy atom. The van der Waals surface area contributed by atoms with E-state index in [1.54, 1.807) is 6.26 Å². The molecule has 1 heterocycles. The lowest BCUT2D eigenvalue weighted by atomic mass is 10.1. The fourth-order valence-electron chi connectivity index (χ4n) is 1.82. The second-order valence-corrected chi connectivity index (χ2v) is 5.00. The first-order valence-corrected chi connectivity index (χ1v) is 5.96. The highest BCUT2D eigenvalue weighted by atomic mass is 79.9. The molecule has 2 rings (SSSR count). The largest absolute Gasteiger partial charge is 0.466 e. The predicted molar refractivity (Wildman–Crippen MR) is 60.1 cm³/mol. The minimum absolute atomic E-state index is 0.287. The molecular weight excluding hydrogens is 242 g/mol. The molecule has 1 saturated carbocycles. The van der Waals surface area contributed by atoms with Gasteiger partial charge >= 0.3 is 0 Å². The van der Waals surface area contributed by atoms with Crippen molar-refractivity contribution in [3.05, 3.63) is 22.6 Å². The zero-order valence-corrected chi connectivity index (χ0v) is 10.2. The maximum atomic E-state index is 5.42. The Kier molecular flexibility index (Phi) is 2.98. The van der Waals surface area contributed by atoms with Gasteiger partial charge in [0.05, 0.1) is 16.8 Å². The van der Waals surface area contributed by atoms with E-state index in [9.17, 15) is 0 Å². The summed E-state index contributed by atoms with van der Waals surface area (Å²) in [5, 5.41) is 3.56. The van der Waals surface area contributed by atoms with Gasteiger partial charge in [0.1, 0.15) is 5.76 Å². The van der Waals surface area contributed by atoms with Crippen LogP contribution in [0.15, 0.2) is 21.2 Å². The zero-order chi connectivity index (χ0) is 10.1. The summed E-state index contributed by atoms with van der Waals surface area (Å²) in [5.41, 5.74) is 0. The van der Waals surface area contributed by atoms with Crippen LogP contribution in [0.25, 0.3) is 0 Å². The summed E-state index contributed by atoms with van der Waals surface area (Å²) in [7, 11) is 0. The molecule has 1 aliphatic rings. The fraction of sp³-hybridized carbons (Fsp3) is 0.636. The lowest BCUT2D eigenvalue weighted by Gasteiger charge is -2.18. The molecule has 14 heavy (non-hydrogen) atoms. The molecule has 2 nitrogen and oxygen atoms in total. The molecular formula is C11H16BrNO. The van der Waals surface area contributed by atoms with E-state index in [4.69, 9.17) is 4.42 Å². The third kappa shape index (κ3) is 2.20. The Balaban J connectivity index is 1.94. The van der Waals surface area contributed by atoms with Gasteiger partial charge in [0, 0.05) is 6.04 Å². The summed E-state index contributed by atoms with van der Waals surface area (Å²) in [6, 6.07) is 2.83. The van der Waals surface area contributed by atoms with Gasteiger partial charge in [-0.3, -0.25) is 0 Å². The van der Waals surface area contributed by atoms with Crippen molar-refractivity contribution in [2.24, 2.45) is 5.92 Å². The quantitative estimate of drug-likeness (QED) is 0.894. The molecule has 78 valence electrons. The van der Waals surface area contributed by atoms with E-state index in [2.05, 4.69) is 35.1 Å². The second kappa shape index (κ2) is 4.07. The van der Waals surface area contributed by atoms with Crippen LogP contribution >= 0.6 is 15.9 Å². The Bertz CT molecular complexity index is 306. The Morgan fingerprint density at radius 1 is 1.50 bits per heavy atom. The summed E-state index contributed by atoms with van der Waals surface area (Å²) in [4.78, 5) is 0. The number of furan rings is 1. The Hall–Kier alpha value is -0.280. The van der Waals surface area contributed by atoms with Crippen LogP contribution in [-0.4, -0.2) is 6.04 Å². The van der Waals surface area contributed by atoms with Gasteiger partial charge in [-0.2, -0.15) is 0 Å². The van der Waals surface area contributed by atoms with Crippen LogP contribution in [0.1, 0.15) is 38.5 Å². The molecule has 0 amide bonds. The predicted octanol–water partition coefficient (Wildman–Crippen LogP) is 3.49. The van der Waals surface area contributed by atoms with Crippen molar-refractivity contribution in [3.8, 4) is 0 Å². The van der Waals surface area contributed by atoms with Gasteiger partial charge < -0.3 is 9.73 Å². The van der Waals surface area contributed by atoms with E-state index in [1.165, 1.54) is 12.8 Å². The summed E-state index contributed by atoms with van der Waals surface area (Å²) < 4.78 is 6.47. The van der Waals surface area contributed by atoms with Crippen molar-refractivity contribution in [2.45, 2.75) is 38.8 Å². The maximum absolute atomic E-state index is 5.42. The smallest absolute Gasteiger partial charge is 0.134 e. The highest BCUT2D eigenvalue weighted by molar-refractivity contribution is 9.10. The molecule has 3 heteroatoms. The van der Waals surface area contributed by atoms with Crippen LogP contribution in [0.5, 0.6) is 0 Å². The van der Waals surface area contributed by atoms with Gasteiger partial charge in [0.15, 0.2) is 0 Å². The number of hydrogen-bond acceptors (Lipinski definition) is 2. The van der Waals surface area contributed by atoms with Gasteiger partial charge in [-0.05, 0) is 54.6 Å². The summed E-state index contributed by atoms with van der Waals surface area (Å²) in [5.74, 6) is 1.88. The van der Waals surface area contributed by atoms with Crippen LogP contribution in [0.2, 0.25) is 0 Å². The molecule has 1 aliphatic carbocycles. The molecule has 0 saturated heterocycles. The molecule has 0 radical (unpaired) electrons. The first-order valence-electron chi connectivity index (χ1n) is 5.17. The molecule has 1 fully saturated rings. The number of rotatable bonds is 4. The maximum Gasteiger partial charge on any atom is 0.134 e. The minimum atomic E-state index is 0.287. The van der Waals surface area contributed by atoms with Crippen molar-refractivity contribution in [1.82, 2.24) is 5.32 Å². The van der Waals surface area contributed by atoms with Crippen molar-refractivity contribution in [2.75, 3.05) is 0 Å². The number of nitrogens with one attached hydrogen (secondary N) is 1. The summed E-state index contributed by atoms with van der Waals surface area (Å²) >= 11 is 3.48. The molecule has 0 aromatic carbocycles. The van der Waals surface area contributed by atoms with Crippen LogP contribution in [0.4, 0.5) is 0 Å². The average molecular weight is 258 g/mol. The monoisotopic (exact) mass is 257 g/mol. The molecule has 1 aromatic heterocycles. The van der Waals surface area contributed by atoms with E-state index in [0.717, 1.165) is 16.2 Å². The second-order valence-electron chi connectivity index (χ2n) is 4.15. The first kappa shape index (κ1) is 10.2. The lowest BCUT2D eigenvalue weighted by Crippen LogP contribution is -2.30. The zero-order valence-electron chi connectivity index (χ0n) is 8.59. The lowest BCUT2D eigenvalue weighted by molar-refractivity contribution is 0.379. The van der Waals surface area contributed by atoms with Crippen LogP contribution in [0.3, 0.4) is 0 Å². The van der Waals surface area contributed by atoms with Crippen molar-refractivity contribution >= 4 is 15.9 Å². The van der Waals surface area contributed by atoms with Crippen molar-refractivity contribution < 1.29 is 4.42 Å². The van der Waals surface area contributed by atoms with Gasteiger partial charge in [0.25, 0.3) is 0 Å². The van der Waals surface area contributed by atoms with E-state index in [-0.39, 0.29) is 6.04 Å². The Morgan fingerprint density at radius 2 is 2.21 bits per heavy atom. The molecule has 2 unspecified atom stereocenters.